The molecule has 2 aromatic carbocycles. The number of benzene rings is 2. The predicted octanol–water partition coefficient (Wildman–Crippen LogP) is 3.85. The SMILES string of the molecule is CC(CN(C)CCC(O)c1ccccc1)c1ccccc1. The van der Waals surface area contributed by atoms with E-state index in [1.807, 2.05) is 30.3 Å². The van der Waals surface area contributed by atoms with Crippen LogP contribution in [0, 0.1) is 0 Å². The molecule has 0 fully saturated rings. The highest BCUT2D eigenvalue weighted by atomic mass is 16.3. The fraction of sp³-hybridized carbons (Fsp3) is 0.368. The summed E-state index contributed by atoms with van der Waals surface area (Å²) in [4.78, 5) is 2.30. The Morgan fingerprint density at radius 2 is 1.43 bits per heavy atom. The van der Waals surface area contributed by atoms with Crippen LogP contribution in [0.15, 0.2) is 60.7 Å². The van der Waals surface area contributed by atoms with Gasteiger partial charge in [0.05, 0.1) is 6.10 Å². The van der Waals surface area contributed by atoms with Crippen LogP contribution in [0.2, 0.25) is 0 Å². The van der Waals surface area contributed by atoms with Gasteiger partial charge in [0.1, 0.15) is 0 Å². The molecule has 0 aromatic heterocycles. The average molecular weight is 283 g/mol. The van der Waals surface area contributed by atoms with Crippen molar-refractivity contribution in [2.45, 2.75) is 25.4 Å². The third kappa shape index (κ3) is 5.00. The van der Waals surface area contributed by atoms with E-state index < -0.39 is 0 Å². The second-order valence-electron chi connectivity index (χ2n) is 5.79. The number of likely N-dealkylation sites (N-methyl/N-ethyl adjacent to an activating group) is 1. The molecule has 21 heavy (non-hydrogen) atoms. The van der Waals surface area contributed by atoms with Crippen LogP contribution in [0.3, 0.4) is 0 Å². The molecule has 2 aromatic rings. The topological polar surface area (TPSA) is 23.5 Å². The first-order valence-corrected chi connectivity index (χ1v) is 7.63. The maximum absolute atomic E-state index is 10.2. The Hall–Kier alpha value is -1.64. The molecule has 0 saturated carbocycles. The molecule has 112 valence electrons. The Balaban J connectivity index is 1.78. The minimum atomic E-state index is -0.374. The van der Waals surface area contributed by atoms with Crippen molar-refractivity contribution in [3.8, 4) is 0 Å². The number of rotatable bonds is 7. The van der Waals surface area contributed by atoms with Gasteiger partial charge in [0, 0.05) is 13.1 Å². The minimum Gasteiger partial charge on any atom is -0.388 e. The number of hydrogen-bond donors (Lipinski definition) is 1. The summed E-state index contributed by atoms with van der Waals surface area (Å²) in [6.07, 6.45) is 0.392. The molecule has 0 aliphatic carbocycles. The lowest BCUT2D eigenvalue weighted by Crippen LogP contribution is -2.25. The van der Waals surface area contributed by atoms with Crippen LogP contribution in [0.4, 0.5) is 0 Å². The minimum absolute atomic E-state index is 0.374. The predicted molar refractivity (Wildman–Crippen MR) is 88.4 cm³/mol. The third-order valence-corrected chi connectivity index (χ3v) is 3.92. The summed E-state index contributed by atoms with van der Waals surface area (Å²) in [7, 11) is 2.12. The van der Waals surface area contributed by atoms with Crippen LogP contribution < -0.4 is 0 Å². The van der Waals surface area contributed by atoms with Gasteiger partial charge in [-0.2, -0.15) is 0 Å². The lowest BCUT2D eigenvalue weighted by molar-refractivity contribution is 0.148. The Kier molecular flexibility index (Phi) is 5.97. The highest BCUT2D eigenvalue weighted by Gasteiger charge is 2.11. The van der Waals surface area contributed by atoms with Gasteiger partial charge in [-0.1, -0.05) is 67.6 Å². The third-order valence-electron chi connectivity index (χ3n) is 3.92. The van der Waals surface area contributed by atoms with Crippen molar-refractivity contribution in [2.75, 3.05) is 20.1 Å². The number of aliphatic hydroxyl groups excluding tert-OH is 1. The van der Waals surface area contributed by atoms with Crippen LogP contribution in [0.5, 0.6) is 0 Å². The van der Waals surface area contributed by atoms with E-state index in [1.54, 1.807) is 0 Å². The molecule has 0 aliphatic rings. The van der Waals surface area contributed by atoms with Gasteiger partial charge in [0.15, 0.2) is 0 Å². The summed E-state index contributed by atoms with van der Waals surface area (Å²) < 4.78 is 0. The first-order chi connectivity index (χ1) is 10.2. The van der Waals surface area contributed by atoms with Gasteiger partial charge in [-0.3, -0.25) is 0 Å². The molecule has 2 atom stereocenters. The second-order valence-corrected chi connectivity index (χ2v) is 5.79. The van der Waals surface area contributed by atoms with E-state index in [0.29, 0.717) is 5.92 Å². The molecular formula is C19H25NO. The monoisotopic (exact) mass is 283 g/mol. The van der Waals surface area contributed by atoms with Gasteiger partial charge in [-0.25, -0.2) is 0 Å². The fourth-order valence-corrected chi connectivity index (χ4v) is 2.63. The zero-order chi connectivity index (χ0) is 15.1. The van der Waals surface area contributed by atoms with Crippen molar-refractivity contribution in [3.05, 3.63) is 71.8 Å². The van der Waals surface area contributed by atoms with Crippen LogP contribution in [-0.4, -0.2) is 30.1 Å². The van der Waals surface area contributed by atoms with Gasteiger partial charge in [0.25, 0.3) is 0 Å². The Morgan fingerprint density at radius 3 is 2.00 bits per heavy atom. The molecule has 0 amide bonds. The van der Waals surface area contributed by atoms with Crippen molar-refractivity contribution >= 4 is 0 Å². The number of nitrogens with zero attached hydrogens (tertiary/aromatic N) is 1. The zero-order valence-corrected chi connectivity index (χ0v) is 12.9. The van der Waals surface area contributed by atoms with E-state index in [0.717, 1.165) is 25.1 Å². The van der Waals surface area contributed by atoms with Gasteiger partial charge in [-0.15, -0.1) is 0 Å². The fourth-order valence-electron chi connectivity index (χ4n) is 2.63. The van der Waals surface area contributed by atoms with Crippen molar-refractivity contribution < 1.29 is 5.11 Å². The van der Waals surface area contributed by atoms with Crippen molar-refractivity contribution in [1.29, 1.82) is 0 Å². The molecule has 0 saturated heterocycles. The largest absolute Gasteiger partial charge is 0.388 e. The van der Waals surface area contributed by atoms with Gasteiger partial charge >= 0.3 is 0 Å². The summed E-state index contributed by atoms with van der Waals surface area (Å²) in [5.41, 5.74) is 2.37. The summed E-state index contributed by atoms with van der Waals surface area (Å²) >= 11 is 0. The van der Waals surface area contributed by atoms with Gasteiger partial charge in [0.2, 0.25) is 0 Å². The summed E-state index contributed by atoms with van der Waals surface area (Å²) in [5, 5.41) is 10.2. The molecule has 0 heterocycles. The summed E-state index contributed by atoms with van der Waals surface area (Å²) in [6.45, 7) is 4.15. The molecule has 2 heteroatoms. The molecule has 0 aliphatic heterocycles. The quantitative estimate of drug-likeness (QED) is 0.834. The normalized spacial score (nSPS) is 14.1. The van der Waals surface area contributed by atoms with Crippen molar-refractivity contribution in [3.63, 3.8) is 0 Å². The Labute approximate surface area is 128 Å². The lowest BCUT2D eigenvalue weighted by atomic mass is 10.0. The molecule has 1 N–H and O–H groups in total. The smallest absolute Gasteiger partial charge is 0.0802 e. The summed E-state index contributed by atoms with van der Waals surface area (Å²) in [6, 6.07) is 20.5. The Bertz CT molecular complexity index is 512. The molecule has 2 nitrogen and oxygen atoms in total. The first-order valence-electron chi connectivity index (χ1n) is 7.63. The standard InChI is InChI=1S/C19H25NO/c1-16(17-9-5-3-6-10-17)15-20(2)14-13-19(21)18-11-7-4-8-12-18/h3-12,16,19,21H,13-15H2,1-2H3. The van der Waals surface area contributed by atoms with E-state index >= 15 is 0 Å². The molecule has 0 radical (unpaired) electrons. The van der Waals surface area contributed by atoms with Gasteiger partial charge in [-0.05, 0) is 30.5 Å². The molecule has 0 spiro atoms. The van der Waals surface area contributed by atoms with Crippen LogP contribution in [0.25, 0.3) is 0 Å². The molecule has 2 rings (SSSR count). The molecule has 2 unspecified atom stereocenters. The summed E-state index contributed by atoms with van der Waals surface area (Å²) in [5.74, 6) is 0.505. The van der Waals surface area contributed by atoms with E-state index in [9.17, 15) is 5.11 Å². The van der Waals surface area contributed by atoms with Crippen LogP contribution >= 0.6 is 0 Å². The average Bonchev–Trinajstić information content (AvgIpc) is 2.54. The maximum atomic E-state index is 10.2. The van der Waals surface area contributed by atoms with E-state index in [-0.39, 0.29) is 6.10 Å². The van der Waals surface area contributed by atoms with Crippen LogP contribution in [-0.2, 0) is 0 Å². The van der Waals surface area contributed by atoms with Crippen molar-refractivity contribution in [1.82, 2.24) is 4.90 Å². The van der Waals surface area contributed by atoms with Gasteiger partial charge < -0.3 is 10.0 Å². The second kappa shape index (κ2) is 7.96. The highest BCUT2D eigenvalue weighted by molar-refractivity contribution is 5.19. The number of hydrogen-bond acceptors (Lipinski definition) is 2. The highest BCUT2D eigenvalue weighted by Crippen LogP contribution is 2.18. The van der Waals surface area contributed by atoms with Crippen molar-refractivity contribution in [2.24, 2.45) is 0 Å². The maximum Gasteiger partial charge on any atom is 0.0802 e. The number of aliphatic hydroxyl groups is 1. The van der Waals surface area contributed by atoms with E-state index in [4.69, 9.17) is 0 Å². The zero-order valence-electron chi connectivity index (χ0n) is 12.9. The van der Waals surface area contributed by atoms with E-state index in [2.05, 4.69) is 49.2 Å². The molecular weight excluding hydrogens is 258 g/mol. The Morgan fingerprint density at radius 1 is 0.905 bits per heavy atom. The lowest BCUT2D eigenvalue weighted by Gasteiger charge is -2.23. The van der Waals surface area contributed by atoms with E-state index in [1.165, 1.54) is 5.56 Å². The van der Waals surface area contributed by atoms with Crippen LogP contribution in [0.1, 0.15) is 36.5 Å². The molecule has 0 bridgehead atoms. The first kappa shape index (κ1) is 15.7.